The van der Waals surface area contributed by atoms with Crippen molar-refractivity contribution in [1.29, 1.82) is 0 Å². The first-order valence-electron chi connectivity index (χ1n) is 17.2. The number of aromatic hydroxyl groups is 1. The van der Waals surface area contributed by atoms with Crippen molar-refractivity contribution in [2.75, 3.05) is 20.0 Å². The van der Waals surface area contributed by atoms with Crippen LogP contribution in [0.2, 0.25) is 0 Å². The zero-order valence-corrected chi connectivity index (χ0v) is 30.2. The van der Waals surface area contributed by atoms with E-state index < -0.39 is 4.92 Å². The van der Waals surface area contributed by atoms with Gasteiger partial charge in [-0.1, -0.05) is 66.7 Å². The molecule has 12 nitrogen and oxygen atoms in total. The Labute approximate surface area is 318 Å². The average molecular weight is 735 g/mol. The fraction of sp³-hybridized carbons (Fsp3) is 0.116. The molecule has 2 aromatic heterocycles. The Hall–Kier alpha value is -7.34. The number of nitrogens with two attached hydrogens (primary N) is 1. The van der Waals surface area contributed by atoms with E-state index in [2.05, 4.69) is 19.9 Å². The van der Waals surface area contributed by atoms with Gasteiger partial charge in [-0.3, -0.25) is 10.1 Å². The summed E-state index contributed by atoms with van der Waals surface area (Å²) in [6.45, 7) is 0.450. The number of ether oxygens (including phenoxy) is 3. The highest BCUT2D eigenvalue weighted by Crippen LogP contribution is 2.32. The van der Waals surface area contributed by atoms with Gasteiger partial charge in [0.05, 0.1) is 36.2 Å². The number of rotatable bonds is 12. The smallest absolute Gasteiger partial charge is 0.311 e. The van der Waals surface area contributed by atoms with E-state index in [1.54, 1.807) is 31.4 Å². The second kappa shape index (κ2) is 17.9. The molecule has 0 saturated carbocycles. The summed E-state index contributed by atoms with van der Waals surface area (Å²) in [5.41, 5.74) is 13.9. The summed E-state index contributed by atoms with van der Waals surface area (Å²) >= 11 is 0. The summed E-state index contributed by atoms with van der Waals surface area (Å²) in [6.07, 6.45) is 4.05. The van der Waals surface area contributed by atoms with Gasteiger partial charge in [0.25, 0.3) is 0 Å². The Kier molecular flexibility index (Phi) is 12.2. The molecular formula is C43H38N6O6. The number of nitro benzene ring substituents is 1. The predicted molar refractivity (Wildman–Crippen MR) is 210 cm³/mol. The van der Waals surface area contributed by atoms with Crippen LogP contribution in [0.25, 0.3) is 22.5 Å². The first kappa shape index (κ1) is 37.4. The molecule has 0 amide bonds. The van der Waals surface area contributed by atoms with Crippen molar-refractivity contribution in [2.45, 2.75) is 19.4 Å². The number of aromatic nitrogens is 4. The van der Waals surface area contributed by atoms with Gasteiger partial charge < -0.3 is 25.1 Å². The molecule has 0 atom stereocenters. The summed E-state index contributed by atoms with van der Waals surface area (Å²) < 4.78 is 16.3. The molecule has 0 saturated heterocycles. The third kappa shape index (κ3) is 9.76. The molecular weight excluding hydrogens is 697 g/mol. The molecule has 7 rings (SSSR count). The van der Waals surface area contributed by atoms with Gasteiger partial charge >= 0.3 is 5.69 Å². The number of hydrogen-bond donors (Lipinski definition) is 2. The number of phenols is 1. The van der Waals surface area contributed by atoms with Crippen molar-refractivity contribution in [2.24, 2.45) is 0 Å². The van der Waals surface area contributed by atoms with Gasteiger partial charge in [0.2, 0.25) is 0 Å². The van der Waals surface area contributed by atoms with Crippen molar-refractivity contribution in [1.82, 2.24) is 19.9 Å². The molecule has 0 aliphatic carbocycles. The van der Waals surface area contributed by atoms with Gasteiger partial charge in [-0.05, 0) is 71.3 Å². The molecule has 0 bridgehead atoms. The molecule has 3 N–H and O–H groups in total. The van der Waals surface area contributed by atoms with Crippen molar-refractivity contribution >= 4 is 11.4 Å². The fourth-order valence-electron chi connectivity index (χ4n) is 5.81. The van der Waals surface area contributed by atoms with Crippen molar-refractivity contribution in [3.8, 4) is 45.5 Å². The van der Waals surface area contributed by atoms with Crippen molar-refractivity contribution in [3.63, 3.8) is 0 Å². The molecule has 0 fully saturated rings. The van der Waals surface area contributed by atoms with Crippen LogP contribution >= 0.6 is 0 Å². The Morgan fingerprint density at radius 1 is 0.618 bits per heavy atom. The normalized spacial score (nSPS) is 10.5. The van der Waals surface area contributed by atoms with Crippen molar-refractivity contribution < 1.29 is 24.2 Å². The van der Waals surface area contributed by atoms with Crippen LogP contribution in [0.3, 0.4) is 0 Å². The van der Waals surface area contributed by atoms with Gasteiger partial charge in [0.1, 0.15) is 36.5 Å². The maximum atomic E-state index is 11.3. The van der Waals surface area contributed by atoms with E-state index in [-0.39, 0.29) is 17.2 Å². The van der Waals surface area contributed by atoms with E-state index in [4.69, 9.17) is 19.9 Å². The summed E-state index contributed by atoms with van der Waals surface area (Å²) in [5.74, 6) is 1.81. The minimum atomic E-state index is -0.450. The van der Waals surface area contributed by atoms with Crippen LogP contribution in [-0.2, 0) is 19.4 Å². The number of phenolic OH excluding ortho intramolecular Hbond substituents is 1. The van der Waals surface area contributed by atoms with Crippen molar-refractivity contribution in [3.05, 3.63) is 178 Å². The zero-order valence-electron chi connectivity index (χ0n) is 30.2. The zero-order chi connectivity index (χ0) is 38.6. The second-order valence-corrected chi connectivity index (χ2v) is 12.3. The van der Waals surface area contributed by atoms with E-state index in [1.165, 1.54) is 25.8 Å². The highest BCUT2D eigenvalue weighted by molar-refractivity contribution is 5.68. The largest absolute Gasteiger partial charge is 0.507 e. The van der Waals surface area contributed by atoms with E-state index in [1.807, 2.05) is 97.1 Å². The molecule has 2 heterocycles. The maximum Gasteiger partial charge on any atom is 0.311 e. The lowest BCUT2D eigenvalue weighted by Gasteiger charge is -2.12. The number of para-hydroxylation sites is 2. The molecule has 0 radical (unpaired) electrons. The van der Waals surface area contributed by atoms with Gasteiger partial charge in [-0.2, -0.15) is 0 Å². The van der Waals surface area contributed by atoms with Crippen LogP contribution < -0.4 is 19.9 Å². The lowest BCUT2D eigenvalue weighted by Crippen LogP contribution is -2.00. The number of methoxy groups -OCH3 is 2. The number of nitrogens with zero attached hydrogens (tertiary/aromatic N) is 5. The standard InChI is InChI=1S/C25H21N3O4.C18H17N3O2/c1-31-25-12-11-19(14-23(25)28(29)30)13-20-15-22(27-17-26-20)21-9-5-6-10-24(21)32-16-18-7-3-2-4-8-18;1-23-18-7-6-12(9-15(18)19)8-13-10-16(21-11-20-13)14-4-2-3-5-17(14)22/h2-12,14-15,17H,13,16H2,1H3;2-7,9-11,22H,8,19H2,1H3. The van der Waals surface area contributed by atoms with Crippen LogP contribution in [0.5, 0.6) is 23.0 Å². The Balaban J connectivity index is 0.000000197. The summed E-state index contributed by atoms with van der Waals surface area (Å²) in [6, 6.07) is 39.1. The molecule has 0 aliphatic heterocycles. The highest BCUT2D eigenvalue weighted by Gasteiger charge is 2.16. The first-order chi connectivity index (χ1) is 26.8. The fourth-order valence-corrected chi connectivity index (χ4v) is 5.81. The monoisotopic (exact) mass is 734 g/mol. The number of nitrogen functional groups attached to an aromatic ring is 1. The summed E-state index contributed by atoms with van der Waals surface area (Å²) in [4.78, 5) is 28.2. The third-order valence-electron chi connectivity index (χ3n) is 8.53. The molecule has 276 valence electrons. The summed E-state index contributed by atoms with van der Waals surface area (Å²) in [7, 11) is 3.00. The van der Waals surface area contributed by atoms with Gasteiger partial charge in [-0.25, -0.2) is 19.9 Å². The topological polar surface area (TPSA) is 169 Å². The second-order valence-electron chi connectivity index (χ2n) is 12.3. The predicted octanol–water partition coefficient (Wildman–Crippen LogP) is 8.26. The van der Waals surface area contributed by atoms with E-state index in [0.29, 0.717) is 42.1 Å². The molecule has 0 unspecified atom stereocenters. The SMILES string of the molecule is COc1ccc(Cc2cc(-c3ccccc3O)ncn2)cc1N.COc1ccc(Cc2cc(-c3ccccc3OCc3ccccc3)ncn2)cc1[N+](=O)[O-]. The maximum absolute atomic E-state index is 11.3. The average Bonchev–Trinajstić information content (AvgIpc) is 3.21. The van der Waals surface area contributed by atoms with Gasteiger partial charge in [-0.15, -0.1) is 0 Å². The molecule has 0 aliphatic rings. The minimum absolute atomic E-state index is 0.0704. The van der Waals surface area contributed by atoms with Crippen LogP contribution in [0.4, 0.5) is 11.4 Å². The van der Waals surface area contributed by atoms with Gasteiger partial charge in [0, 0.05) is 41.4 Å². The minimum Gasteiger partial charge on any atom is -0.507 e. The van der Waals surface area contributed by atoms with E-state index in [0.717, 1.165) is 45.1 Å². The van der Waals surface area contributed by atoms with E-state index in [9.17, 15) is 15.2 Å². The van der Waals surface area contributed by atoms with Crippen LogP contribution in [0.1, 0.15) is 28.1 Å². The third-order valence-corrected chi connectivity index (χ3v) is 8.53. The molecule has 55 heavy (non-hydrogen) atoms. The molecule has 12 heteroatoms. The molecule has 0 spiro atoms. The first-order valence-corrected chi connectivity index (χ1v) is 17.2. The highest BCUT2D eigenvalue weighted by atomic mass is 16.6. The van der Waals surface area contributed by atoms with Crippen LogP contribution in [-0.4, -0.2) is 44.2 Å². The lowest BCUT2D eigenvalue weighted by molar-refractivity contribution is -0.385. The van der Waals surface area contributed by atoms with Gasteiger partial charge in [0.15, 0.2) is 5.75 Å². The van der Waals surface area contributed by atoms with Crippen LogP contribution in [0, 0.1) is 10.1 Å². The number of benzene rings is 5. The number of hydrogen-bond acceptors (Lipinski definition) is 11. The number of nitro groups is 1. The summed E-state index contributed by atoms with van der Waals surface area (Å²) in [5, 5.41) is 21.3. The Morgan fingerprint density at radius 3 is 1.80 bits per heavy atom. The molecule has 5 aromatic carbocycles. The molecule has 7 aromatic rings. The quantitative estimate of drug-likeness (QED) is 0.0704. The lowest BCUT2D eigenvalue weighted by atomic mass is 10.1. The van der Waals surface area contributed by atoms with Crippen LogP contribution in [0.15, 0.2) is 140 Å². The Bertz CT molecular complexity index is 2390. The Morgan fingerprint density at radius 2 is 1.18 bits per heavy atom. The van der Waals surface area contributed by atoms with E-state index >= 15 is 0 Å². The number of anilines is 1.